The summed E-state index contributed by atoms with van der Waals surface area (Å²) in [5.41, 5.74) is 3.57. The number of H-pyrrole nitrogens is 2. The van der Waals surface area contributed by atoms with Crippen molar-refractivity contribution in [2.75, 3.05) is 11.9 Å². The van der Waals surface area contributed by atoms with Gasteiger partial charge >= 0.3 is 5.69 Å². The summed E-state index contributed by atoms with van der Waals surface area (Å²) in [6, 6.07) is 22.6. The molecule has 0 unspecified atom stereocenters. The highest BCUT2D eigenvalue weighted by Crippen LogP contribution is 2.29. The zero-order chi connectivity index (χ0) is 18.6. The number of hydrogen-bond acceptors (Lipinski definition) is 3. The van der Waals surface area contributed by atoms with Crippen LogP contribution in [0.4, 0.5) is 5.69 Å². The van der Waals surface area contributed by atoms with Gasteiger partial charge in [-0.1, -0.05) is 48.5 Å². The highest BCUT2D eigenvalue weighted by molar-refractivity contribution is 5.94. The van der Waals surface area contributed by atoms with E-state index >= 15 is 0 Å². The predicted molar refractivity (Wildman–Crippen MR) is 105 cm³/mol. The van der Waals surface area contributed by atoms with Crippen LogP contribution in [0.5, 0.6) is 5.75 Å². The van der Waals surface area contributed by atoms with Crippen LogP contribution in [0.2, 0.25) is 0 Å². The molecular formula is C21H17N3O3. The molecule has 6 heteroatoms. The van der Waals surface area contributed by atoms with Gasteiger partial charge in [-0.15, -0.1) is 0 Å². The molecule has 0 radical (unpaired) electrons. The fourth-order valence-electron chi connectivity index (χ4n) is 2.90. The molecule has 134 valence electrons. The number of fused-ring (bicyclic) bond motifs is 1. The van der Waals surface area contributed by atoms with E-state index in [2.05, 4.69) is 15.3 Å². The number of amides is 1. The van der Waals surface area contributed by atoms with Crippen molar-refractivity contribution in [3.63, 3.8) is 0 Å². The number of rotatable bonds is 5. The summed E-state index contributed by atoms with van der Waals surface area (Å²) in [5, 5.41) is 2.77. The van der Waals surface area contributed by atoms with Crippen molar-refractivity contribution in [2.24, 2.45) is 0 Å². The van der Waals surface area contributed by atoms with Gasteiger partial charge in [-0.2, -0.15) is 0 Å². The number of para-hydroxylation sites is 1. The van der Waals surface area contributed by atoms with Crippen LogP contribution < -0.4 is 15.7 Å². The van der Waals surface area contributed by atoms with E-state index in [1.165, 1.54) is 0 Å². The minimum Gasteiger partial charge on any atom is -0.483 e. The van der Waals surface area contributed by atoms with Gasteiger partial charge in [-0.05, 0) is 29.8 Å². The van der Waals surface area contributed by atoms with Gasteiger partial charge in [0.25, 0.3) is 5.91 Å². The van der Waals surface area contributed by atoms with Gasteiger partial charge in [-0.25, -0.2) is 4.79 Å². The Hall–Kier alpha value is -3.80. The lowest BCUT2D eigenvalue weighted by molar-refractivity contribution is -0.118. The molecule has 0 aliphatic carbocycles. The largest absolute Gasteiger partial charge is 0.483 e. The van der Waals surface area contributed by atoms with E-state index in [0.29, 0.717) is 22.5 Å². The second kappa shape index (κ2) is 7.21. The van der Waals surface area contributed by atoms with Crippen LogP contribution in [0.25, 0.3) is 22.2 Å². The number of hydrogen-bond donors (Lipinski definition) is 3. The molecule has 6 nitrogen and oxygen atoms in total. The van der Waals surface area contributed by atoms with Crippen LogP contribution >= 0.6 is 0 Å². The third-order valence-electron chi connectivity index (χ3n) is 4.13. The number of aromatic nitrogens is 2. The molecule has 1 heterocycles. The predicted octanol–water partition coefficient (Wildman–Crippen LogP) is 3.54. The van der Waals surface area contributed by atoms with Gasteiger partial charge in [0.2, 0.25) is 0 Å². The smallest absolute Gasteiger partial charge is 0.323 e. The topological polar surface area (TPSA) is 87.0 Å². The summed E-state index contributed by atoms with van der Waals surface area (Å²) < 4.78 is 5.74. The highest BCUT2D eigenvalue weighted by atomic mass is 16.5. The summed E-state index contributed by atoms with van der Waals surface area (Å²) in [4.78, 5) is 28.9. The SMILES string of the molecule is O=C(COc1ccccc1-c1ccccc1)Nc1ccc2[nH]c(=O)[nH]c2c1. The van der Waals surface area contributed by atoms with Gasteiger partial charge in [0, 0.05) is 11.3 Å². The molecule has 0 aliphatic heterocycles. The number of anilines is 1. The minimum atomic E-state index is -0.283. The number of aromatic amines is 2. The van der Waals surface area contributed by atoms with Crippen LogP contribution in [0.1, 0.15) is 0 Å². The molecule has 27 heavy (non-hydrogen) atoms. The maximum Gasteiger partial charge on any atom is 0.323 e. The number of ether oxygens (including phenoxy) is 1. The summed E-state index contributed by atoms with van der Waals surface area (Å²) in [6.07, 6.45) is 0. The molecule has 3 N–H and O–H groups in total. The van der Waals surface area contributed by atoms with E-state index in [-0.39, 0.29) is 18.2 Å². The molecule has 0 aliphatic rings. The fourth-order valence-corrected chi connectivity index (χ4v) is 2.90. The zero-order valence-corrected chi connectivity index (χ0v) is 14.4. The van der Waals surface area contributed by atoms with Gasteiger partial charge < -0.3 is 20.0 Å². The van der Waals surface area contributed by atoms with Crippen molar-refractivity contribution in [3.8, 4) is 16.9 Å². The van der Waals surface area contributed by atoms with Crippen LogP contribution in [-0.4, -0.2) is 22.5 Å². The third-order valence-corrected chi connectivity index (χ3v) is 4.13. The molecule has 1 amide bonds. The average molecular weight is 359 g/mol. The lowest BCUT2D eigenvalue weighted by Crippen LogP contribution is -2.20. The van der Waals surface area contributed by atoms with Gasteiger partial charge in [-0.3, -0.25) is 4.79 Å². The summed E-state index contributed by atoms with van der Waals surface area (Å²) in [7, 11) is 0. The van der Waals surface area contributed by atoms with Crippen molar-refractivity contribution in [2.45, 2.75) is 0 Å². The van der Waals surface area contributed by atoms with Gasteiger partial charge in [0.1, 0.15) is 5.75 Å². The molecule has 0 fully saturated rings. The van der Waals surface area contributed by atoms with Crippen molar-refractivity contribution >= 4 is 22.6 Å². The van der Waals surface area contributed by atoms with Crippen molar-refractivity contribution in [1.82, 2.24) is 9.97 Å². The standard InChI is InChI=1S/C21H17N3O3/c25-20(22-15-10-11-17-18(12-15)24-21(26)23-17)13-27-19-9-5-4-8-16(19)14-6-2-1-3-7-14/h1-12H,13H2,(H,22,25)(H2,23,24,26). The number of carbonyl (C=O) groups excluding carboxylic acids is 1. The molecular weight excluding hydrogens is 342 g/mol. The average Bonchev–Trinajstić information content (AvgIpc) is 3.06. The van der Waals surface area contributed by atoms with Crippen LogP contribution in [0, 0.1) is 0 Å². The molecule has 0 saturated heterocycles. The highest BCUT2D eigenvalue weighted by Gasteiger charge is 2.09. The van der Waals surface area contributed by atoms with E-state index < -0.39 is 0 Å². The molecule has 1 aromatic heterocycles. The van der Waals surface area contributed by atoms with E-state index in [1.807, 2.05) is 54.6 Å². The van der Waals surface area contributed by atoms with E-state index in [1.54, 1.807) is 18.2 Å². The van der Waals surface area contributed by atoms with Crippen LogP contribution in [0.3, 0.4) is 0 Å². The number of carbonyl (C=O) groups is 1. The van der Waals surface area contributed by atoms with Crippen LogP contribution in [0.15, 0.2) is 77.6 Å². The molecule has 3 aromatic carbocycles. The quantitative estimate of drug-likeness (QED) is 0.509. The summed E-state index contributed by atoms with van der Waals surface area (Å²) in [5.74, 6) is 0.361. The molecule has 0 spiro atoms. The third kappa shape index (κ3) is 3.74. The Labute approximate surface area is 154 Å². The number of nitrogens with one attached hydrogen (secondary N) is 3. The van der Waals surface area contributed by atoms with E-state index in [9.17, 15) is 9.59 Å². The first-order chi connectivity index (χ1) is 13.2. The molecule has 0 bridgehead atoms. The lowest BCUT2D eigenvalue weighted by atomic mass is 10.1. The first-order valence-corrected chi connectivity index (χ1v) is 8.48. The van der Waals surface area contributed by atoms with E-state index in [4.69, 9.17) is 4.74 Å². The maximum atomic E-state index is 12.3. The molecule has 4 aromatic rings. The molecule has 0 saturated carbocycles. The van der Waals surface area contributed by atoms with Crippen molar-refractivity contribution in [1.29, 1.82) is 0 Å². The Bertz CT molecular complexity index is 1150. The zero-order valence-electron chi connectivity index (χ0n) is 14.4. The van der Waals surface area contributed by atoms with Crippen molar-refractivity contribution < 1.29 is 9.53 Å². The first kappa shape index (κ1) is 16.7. The Morgan fingerprint density at radius 1 is 0.889 bits per heavy atom. The number of imidazole rings is 1. The normalized spacial score (nSPS) is 10.7. The Morgan fingerprint density at radius 2 is 1.63 bits per heavy atom. The first-order valence-electron chi connectivity index (χ1n) is 8.48. The Morgan fingerprint density at radius 3 is 2.48 bits per heavy atom. The molecule has 0 atom stereocenters. The fraction of sp³-hybridized carbons (Fsp3) is 0.0476. The Kier molecular flexibility index (Phi) is 4.45. The summed E-state index contributed by atoms with van der Waals surface area (Å²) in [6.45, 7) is -0.120. The van der Waals surface area contributed by atoms with E-state index in [0.717, 1.165) is 11.1 Å². The monoisotopic (exact) mass is 359 g/mol. The number of benzene rings is 3. The maximum absolute atomic E-state index is 12.3. The second-order valence-electron chi connectivity index (χ2n) is 6.04. The van der Waals surface area contributed by atoms with Gasteiger partial charge in [0.05, 0.1) is 11.0 Å². The second-order valence-corrected chi connectivity index (χ2v) is 6.04. The van der Waals surface area contributed by atoms with Crippen molar-refractivity contribution in [3.05, 3.63) is 83.3 Å². The molecule has 4 rings (SSSR count). The van der Waals surface area contributed by atoms with Crippen LogP contribution in [-0.2, 0) is 4.79 Å². The van der Waals surface area contributed by atoms with Gasteiger partial charge in [0.15, 0.2) is 6.61 Å². The Balaban J connectivity index is 1.45. The lowest BCUT2D eigenvalue weighted by Gasteiger charge is -2.12. The summed E-state index contributed by atoms with van der Waals surface area (Å²) >= 11 is 0. The minimum absolute atomic E-state index is 0.120.